The van der Waals surface area contributed by atoms with Gasteiger partial charge in [0.25, 0.3) is 11.5 Å². The average Bonchev–Trinajstić information content (AvgIpc) is 2.96. The van der Waals surface area contributed by atoms with Crippen molar-refractivity contribution in [2.75, 3.05) is 5.32 Å². The number of benzene rings is 3. The molecule has 8 heteroatoms. The molecule has 0 fully saturated rings. The van der Waals surface area contributed by atoms with Gasteiger partial charge in [-0.05, 0) is 78.6 Å². The summed E-state index contributed by atoms with van der Waals surface area (Å²) < 4.78 is 40.8. The fraction of sp³-hybridized carbons (Fsp3) is 0.121. The number of carbonyl (C=O) groups is 1. The fourth-order valence-corrected chi connectivity index (χ4v) is 4.62. The number of pyridine rings is 2. The summed E-state index contributed by atoms with van der Waals surface area (Å²) in [5.74, 6) is -0.686. The smallest absolute Gasteiger partial charge is 0.322 e. The van der Waals surface area contributed by atoms with Crippen molar-refractivity contribution in [3.63, 3.8) is 0 Å². The molecular formula is C33H26F3N3O2. The van der Waals surface area contributed by atoms with Crippen LogP contribution in [0, 0.1) is 6.92 Å². The Kier molecular flexibility index (Phi) is 7.57. The van der Waals surface area contributed by atoms with Crippen LogP contribution in [0.5, 0.6) is 0 Å². The Labute approximate surface area is 234 Å². The van der Waals surface area contributed by atoms with E-state index in [1.54, 1.807) is 42.1 Å². The van der Waals surface area contributed by atoms with Crippen LogP contribution in [-0.2, 0) is 19.6 Å². The van der Waals surface area contributed by atoms with E-state index in [0.717, 1.165) is 40.7 Å². The van der Waals surface area contributed by atoms with Gasteiger partial charge in [0.2, 0.25) is 0 Å². The van der Waals surface area contributed by atoms with E-state index in [4.69, 9.17) is 0 Å². The monoisotopic (exact) mass is 553 g/mol. The minimum Gasteiger partial charge on any atom is -0.322 e. The molecule has 0 aliphatic carbocycles. The van der Waals surface area contributed by atoms with E-state index in [9.17, 15) is 22.8 Å². The number of nitrogens with zero attached hydrogens (tertiary/aromatic N) is 2. The molecule has 0 aliphatic rings. The Morgan fingerprint density at radius 3 is 2.49 bits per heavy atom. The van der Waals surface area contributed by atoms with Crippen molar-refractivity contribution >= 4 is 28.6 Å². The second-order valence-corrected chi connectivity index (χ2v) is 9.74. The number of alkyl halides is 3. The van der Waals surface area contributed by atoms with E-state index in [0.29, 0.717) is 16.8 Å². The Morgan fingerprint density at radius 2 is 1.73 bits per heavy atom. The molecule has 5 rings (SSSR count). The first-order valence-corrected chi connectivity index (χ1v) is 12.9. The van der Waals surface area contributed by atoms with Crippen LogP contribution in [0.1, 0.15) is 32.7 Å². The number of nitrogens with one attached hydrogen (secondary N) is 1. The lowest BCUT2D eigenvalue weighted by atomic mass is 9.99. The van der Waals surface area contributed by atoms with Crippen molar-refractivity contribution in [2.45, 2.75) is 19.5 Å². The lowest BCUT2D eigenvalue weighted by Crippen LogP contribution is -2.19. The second-order valence-electron chi connectivity index (χ2n) is 9.74. The van der Waals surface area contributed by atoms with Gasteiger partial charge in [-0.25, -0.2) is 0 Å². The zero-order valence-corrected chi connectivity index (χ0v) is 22.4. The topological polar surface area (TPSA) is 64.0 Å². The number of halogens is 3. The number of hydrogen-bond acceptors (Lipinski definition) is 3. The van der Waals surface area contributed by atoms with Gasteiger partial charge in [0.05, 0.1) is 16.8 Å². The maximum Gasteiger partial charge on any atom is 0.416 e. The summed E-state index contributed by atoms with van der Waals surface area (Å²) in [6.07, 6.45) is 1.87. The Balaban J connectivity index is 1.43. The van der Waals surface area contributed by atoms with Crippen LogP contribution in [0.4, 0.5) is 18.9 Å². The number of aromatic nitrogens is 2. The Hall–Kier alpha value is -4.98. The number of anilines is 1. The van der Waals surface area contributed by atoms with E-state index < -0.39 is 17.6 Å². The van der Waals surface area contributed by atoms with Crippen molar-refractivity contribution in [1.29, 1.82) is 0 Å². The van der Waals surface area contributed by atoms with E-state index in [1.165, 1.54) is 17.7 Å². The van der Waals surface area contributed by atoms with Crippen molar-refractivity contribution in [2.24, 2.45) is 7.05 Å². The quantitative estimate of drug-likeness (QED) is 0.238. The highest BCUT2D eigenvalue weighted by Gasteiger charge is 2.31. The van der Waals surface area contributed by atoms with Gasteiger partial charge < -0.3 is 9.88 Å². The highest BCUT2D eigenvalue weighted by molar-refractivity contribution is 6.04. The van der Waals surface area contributed by atoms with Gasteiger partial charge in [-0.2, -0.15) is 13.2 Å². The molecule has 0 spiro atoms. The number of aryl methyl sites for hydroxylation is 2. The lowest BCUT2D eigenvalue weighted by Gasteiger charge is -2.14. The molecule has 2 heterocycles. The Bertz CT molecular complexity index is 1840. The highest BCUT2D eigenvalue weighted by atomic mass is 19.4. The largest absolute Gasteiger partial charge is 0.416 e. The minimum absolute atomic E-state index is 0.122. The van der Waals surface area contributed by atoms with Gasteiger partial charge in [0.1, 0.15) is 0 Å². The third kappa shape index (κ3) is 6.11. The summed E-state index contributed by atoms with van der Waals surface area (Å²) in [5, 5.41) is 3.41. The summed E-state index contributed by atoms with van der Waals surface area (Å²) in [4.78, 5) is 30.8. The van der Waals surface area contributed by atoms with E-state index >= 15 is 0 Å². The number of hydrogen-bond donors (Lipinski definition) is 1. The maximum absolute atomic E-state index is 13.5. The van der Waals surface area contributed by atoms with E-state index in [-0.39, 0.29) is 11.1 Å². The summed E-state index contributed by atoms with van der Waals surface area (Å²) in [5.41, 5.74) is 3.55. The van der Waals surface area contributed by atoms with Crippen molar-refractivity contribution in [3.05, 3.63) is 136 Å². The van der Waals surface area contributed by atoms with Gasteiger partial charge in [0.15, 0.2) is 0 Å². The molecule has 206 valence electrons. The number of rotatable bonds is 6. The summed E-state index contributed by atoms with van der Waals surface area (Å²) >= 11 is 0. The maximum atomic E-state index is 13.5. The van der Waals surface area contributed by atoms with E-state index in [1.807, 2.05) is 43.3 Å². The van der Waals surface area contributed by atoms with E-state index in [2.05, 4.69) is 22.4 Å². The first kappa shape index (κ1) is 27.6. The molecular weight excluding hydrogens is 527 g/mol. The summed E-state index contributed by atoms with van der Waals surface area (Å²) in [6.45, 7) is 1.84. The minimum atomic E-state index is -4.56. The standard InChI is InChI=1S/C33H26F3N3O2/c1-21-14-15-27(38-31(40)23-11-7-12-25(16-23)33(34,35)36)18-28(21)29-17-24-20-37-26(19-30(24)39(2)32(29)41)13-6-10-22-8-4-3-5-9-22/h3-9,11-20H,10H2,1-2H3,(H,38,40)/b13-6-. The molecule has 5 aromatic rings. The predicted octanol–water partition coefficient (Wildman–Crippen LogP) is 7.44. The van der Waals surface area contributed by atoms with Gasteiger partial charge in [-0.3, -0.25) is 14.6 Å². The second kappa shape index (κ2) is 11.3. The van der Waals surface area contributed by atoms with Crippen LogP contribution in [-0.4, -0.2) is 15.5 Å². The molecule has 1 amide bonds. The third-order valence-corrected chi connectivity index (χ3v) is 6.85. The lowest BCUT2D eigenvalue weighted by molar-refractivity contribution is -0.137. The Morgan fingerprint density at radius 1 is 0.951 bits per heavy atom. The predicted molar refractivity (Wildman–Crippen MR) is 156 cm³/mol. The van der Waals surface area contributed by atoms with Crippen molar-refractivity contribution < 1.29 is 18.0 Å². The molecule has 0 atom stereocenters. The van der Waals surface area contributed by atoms with Crippen LogP contribution < -0.4 is 10.9 Å². The van der Waals surface area contributed by atoms with Crippen LogP contribution in [0.2, 0.25) is 0 Å². The van der Waals surface area contributed by atoms with Gasteiger partial charge in [0, 0.05) is 35.4 Å². The molecule has 0 bridgehead atoms. The first-order valence-electron chi connectivity index (χ1n) is 12.9. The molecule has 2 aromatic heterocycles. The summed E-state index contributed by atoms with van der Waals surface area (Å²) in [6, 6.07) is 23.0. The summed E-state index contributed by atoms with van der Waals surface area (Å²) in [7, 11) is 1.69. The molecule has 5 nitrogen and oxygen atoms in total. The fourth-order valence-electron chi connectivity index (χ4n) is 4.62. The third-order valence-electron chi connectivity index (χ3n) is 6.85. The molecule has 0 radical (unpaired) electrons. The normalized spacial score (nSPS) is 11.7. The number of allylic oxidation sites excluding steroid dienone is 1. The molecule has 3 aromatic carbocycles. The first-order chi connectivity index (χ1) is 19.6. The molecule has 0 saturated heterocycles. The SMILES string of the molecule is Cc1ccc(NC(=O)c2cccc(C(F)(F)F)c2)cc1-c1cc2cnc(/C=C\Cc3ccccc3)cc2n(C)c1=O. The van der Waals surface area contributed by atoms with Gasteiger partial charge in [-0.15, -0.1) is 0 Å². The van der Waals surface area contributed by atoms with Gasteiger partial charge >= 0.3 is 6.18 Å². The highest BCUT2D eigenvalue weighted by Crippen LogP contribution is 2.30. The van der Waals surface area contributed by atoms with Crippen molar-refractivity contribution in [3.8, 4) is 11.1 Å². The molecule has 1 N–H and O–H groups in total. The van der Waals surface area contributed by atoms with Crippen molar-refractivity contribution in [1.82, 2.24) is 9.55 Å². The number of fused-ring (bicyclic) bond motifs is 1. The molecule has 41 heavy (non-hydrogen) atoms. The van der Waals surface area contributed by atoms with Crippen LogP contribution >= 0.6 is 0 Å². The number of carbonyl (C=O) groups excluding carboxylic acids is 1. The zero-order chi connectivity index (χ0) is 29.1. The average molecular weight is 554 g/mol. The van der Waals surface area contributed by atoms with Gasteiger partial charge in [-0.1, -0.05) is 48.5 Å². The van der Waals surface area contributed by atoms with Crippen LogP contribution in [0.25, 0.3) is 28.1 Å². The zero-order valence-electron chi connectivity index (χ0n) is 22.4. The number of amides is 1. The molecule has 0 saturated carbocycles. The van der Waals surface area contributed by atoms with Crippen LogP contribution in [0.15, 0.2) is 102 Å². The van der Waals surface area contributed by atoms with Crippen LogP contribution in [0.3, 0.4) is 0 Å². The molecule has 0 unspecified atom stereocenters. The molecule has 0 aliphatic heterocycles.